The molecular formula is C11H23NO. The van der Waals surface area contributed by atoms with Crippen LogP contribution in [0.4, 0.5) is 0 Å². The van der Waals surface area contributed by atoms with Crippen molar-refractivity contribution in [2.75, 3.05) is 6.54 Å². The predicted molar refractivity (Wildman–Crippen MR) is 55.7 cm³/mol. The van der Waals surface area contributed by atoms with E-state index in [0.717, 1.165) is 13.0 Å². The lowest BCUT2D eigenvalue weighted by atomic mass is 10.1. The third-order valence-corrected chi connectivity index (χ3v) is 2.81. The zero-order chi connectivity index (χ0) is 9.52. The topological polar surface area (TPSA) is 35.2 Å². The summed E-state index contributed by atoms with van der Waals surface area (Å²) in [5.74, 6) is 0. The van der Waals surface area contributed by atoms with E-state index in [1.807, 2.05) is 0 Å². The van der Waals surface area contributed by atoms with Gasteiger partial charge in [-0.3, -0.25) is 0 Å². The lowest BCUT2D eigenvalue weighted by molar-refractivity contribution is 0.0363. The zero-order valence-electron chi connectivity index (χ0n) is 8.80. The highest BCUT2D eigenvalue weighted by atomic mass is 16.5. The number of hydrogen-bond donors (Lipinski definition) is 1. The fourth-order valence-corrected chi connectivity index (χ4v) is 2.01. The molecule has 0 aromatic heterocycles. The van der Waals surface area contributed by atoms with E-state index in [1.54, 1.807) is 0 Å². The van der Waals surface area contributed by atoms with E-state index in [4.69, 9.17) is 10.5 Å². The third kappa shape index (κ3) is 4.10. The van der Waals surface area contributed by atoms with Crippen LogP contribution in [0.25, 0.3) is 0 Å². The molecule has 0 aliphatic carbocycles. The minimum Gasteiger partial charge on any atom is -0.375 e. The molecule has 2 heteroatoms. The zero-order valence-corrected chi connectivity index (χ0v) is 8.80. The number of nitrogens with two attached hydrogens (primary N) is 1. The van der Waals surface area contributed by atoms with Gasteiger partial charge in [0.15, 0.2) is 0 Å². The summed E-state index contributed by atoms with van der Waals surface area (Å²) in [5, 5.41) is 0. The van der Waals surface area contributed by atoms with Crippen LogP contribution < -0.4 is 5.73 Å². The first kappa shape index (κ1) is 11.0. The monoisotopic (exact) mass is 185 g/mol. The molecule has 1 aliphatic rings. The molecule has 2 nitrogen and oxygen atoms in total. The van der Waals surface area contributed by atoms with Crippen molar-refractivity contribution in [1.29, 1.82) is 0 Å². The molecule has 0 spiro atoms. The van der Waals surface area contributed by atoms with Gasteiger partial charge in [-0.25, -0.2) is 0 Å². The molecular weight excluding hydrogens is 162 g/mol. The molecule has 1 rings (SSSR count). The Balaban J connectivity index is 2.03. The van der Waals surface area contributed by atoms with Crippen LogP contribution >= 0.6 is 0 Å². The maximum absolute atomic E-state index is 5.87. The van der Waals surface area contributed by atoms with Crippen LogP contribution in [0.15, 0.2) is 0 Å². The maximum Gasteiger partial charge on any atom is 0.0591 e. The Morgan fingerprint density at radius 2 is 1.85 bits per heavy atom. The van der Waals surface area contributed by atoms with E-state index >= 15 is 0 Å². The Kier molecular flexibility index (Phi) is 5.40. The van der Waals surface area contributed by atoms with E-state index in [9.17, 15) is 0 Å². The van der Waals surface area contributed by atoms with Crippen LogP contribution in [0.3, 0.4) is 0 Å². The first-order chi connectivity index (χ1) is 6.36. The average Bonchev–Trinajstić information content (AvgIpc) is 2.54. The summed E-state index contributed by atoms with van der Waals surface area (Å²) >= 11 is 0. The van der Waals surface area contributed by atoms with Crippen molar-refractivity contribution in [1.82, 2.24) is 0 Å². The molecule has 1 aliphatic heterocycles. The van der Waals surface area contributed by atoms with Crippen molar-refractivity contribution >= 4 is 0 Å². The van der Waals surface area contributed by atoms with Gasteiger partial charge in [0.05, 0.1) is 12.2 Å². The van der Waals surface area contributed by atoms with E-state index < -0.39 is 0 Å². The van der Waals surface area contributed by atoms with Crippen LogP contribution in [0.1, 0.15) is 51.9 Å². The van der Waals surface area contributed by atoms with Gasteiger partial charge in [0.25, 0.3) is 0 Å². The highest BCUT2D eigenvalue weighted by Gasteiger charge is 2.23. The molecule has 0 saturated carbocycles. The van der Waals surface area contributed by atoms with Gasteiger partial charge >= 0.3 is 0 Å². The SMILES string of the molecule is CCCCCC1CCC(CCN)O1. The van der Waals surface area contributed by atoms with Crippen molar-refractivity contribution in [2.24, 2.45) is 5.73 Å². The minimum atomic E-state index is 0.469. The molecule has 0 aromatic rings. The summed E-state index contributed by atoms with van der Waals surface area (Å²) in [6, 6.07) is 0. The fourth-order valence-electron chi connectivity index (χ4n) is 2.01. The van der Waals surface area contributed by atoms with Gasteiger partial charge in [-0.1, -0.05) is 26.2 Å². The summed E-state index contributed by atoms with van der Waals surface area (Å²) in [7, 11) is 0. The molecule has 1 saturated heterocycles. The Bertz CT molecular complexity index is 127. The van der Waals surface area contributed by atoms with Crippen molar-refractivity contribution in [2.45, 2.75) is 64.1 Å². The normalized spacial score (nSPS) is 28.2. The van der Waals surface area contributed by atoms with Crippen LogP contribution in [0.2, 0.25) is 0 Å². The van der Waals surface area contributed by atoms with E-state index in [2.05, 4.69) is 6.92 Å². The lowest BCUT2D eigenvalue weighted by Crippen LogP contribution is -2.15. The Morgan fingerprint density at radius 1 is 1.15 bits per heavy atom. The predicted octanol–water partition coefficient (Wildman–Crippen LogP) is 2.46. The van der Waals surface area contributed by atoms with Crippen LogP contribution in [-0.2, 0) is 4.74 Å². The molecule has 0 radical (unpaired) electrons. The molecule has 2 atom stereocenters. The first-order valence-corrected chi connectivity index (χ1v) is 5.72. The smallest absolute Gasteiger partial charge is 0.0591 e. The van der Waals surface area contributed by atoms with Gasteiger partial charge in [-0.15, -0.1) is 0 Å². The van der Waals surface area contributed by atoms with Crippen molar-refractivity contribution in [3.8, 4) is 0 Å². The summed E-state index contributed by atoms with van der Waals surface area (Å²) in [5.41, 5.74) is 5.50. The molecule has 1 fully saturated rings. The Hall–Kier alpha value is -0.0800. The largest absolute Gasteiger partial charge is 0.375 e. The molecule has 78 valence electrons. The third-order valence-electron chi connectivity index (χ3n) is 2.81. The Morgan fingerprint density at radius 3 is 2.46 bits per heavy atom. The molecule has 13 heavy (non-hydrogen) atoms. The van der Waals surface area contributed by atoms with E-state index in [1.165, 1.54) is 38.5 Å². The lowest BCUT2D eigenvalue weighted by Gasteiger charge is -2.12. The van der Waals surface area contributed by atoms with Crippen LogP contribution in [0, 0.1) is 0 Å². The van der Waals surface area contributed by atoms with E-state index in [-0.39, 0.29) is 0 Å². The second kappa shape index (κ2) is 6.39. The summed E-state index contributed by atoms with van der Waals surface area (Å²) < 4.78 is 5.87. The molecule has 1 heterocycles. The second-order valence-electron chi connectivity index (χ2n) is 4.03. The second-order valence-corrected chi connectivity index (χ2v) is 4.03. The van der Waals surface area contributed by atoms with Gasteiger partial charge < -0.3 is 10.5 Å². The van der Waals surface area contributed by atoms with Crippen molar-refractivity contribution in [3.63, 3.8) is 0 Å². The van der Waals surface area contributed by atoms with Crippen LogP contribution in [0.5, 0.6) is 0 Å². The molecule has 0 bridgehead atoms. The summed E-state index contributed by atoms with van der Waals surface area (Å²) in [4.78, 5) is 0. The summed E-state index contributed by atoms with van der Waals surface area (Å²) in [6.07, 6.45) is 9.79. The quantitative estimate of drug-likeness (QED) is 0.645. The van der Waals surface area contributed by atoms with Crippen LogP contribution in [-0.4, -0.2) is 18.8 Å². The molecule has 0 amide bonds. The molecule has 0 aromatic carbocycles. The number of ether oxygens (including phenoxy) is 1. The van der Waals surface area contributed by atoms with Gasteiger partial charge in [0.1, 0.15) is 0 Å². The number of rotatable bonds is 6. The van der Waals surface area contributed by atoms with Gasteiger partial charge in [-0.2, -0.15) is 0 Å². The number of hydrogen-bond acceptors (Lipinski definition) is 2. The Labute approximate surface area is 81.8 Å². The van der Waals surface area contributed by atoms with Gasteiger partial charge in [0, 0.05) is 0 Å². The fraction of sp³-hybridized carbons (Fsp3) is 1.00. The maximum atomic E-state index is 5.87. The first-order valence-electron chi connectivity index (χ1n) is 5.72. The average molecular weight is 185 g/mol. The molecule has 2 N–H and O–H groups in total. The van der Waals surface area contributed by atoms with Crippen molar-refractivity contribution in [3.05, 3.63) is 0 Å². The summed E-state index contributed by atoms with van der Waals surface area (Å²) in [6.45, 7) is 3.01. The highest BCUT2D eigenvalue weighted by Crippen LogP contribution is 2.25. The number of unbranched alkanes of at least 4 members (excludes halogenated alkanes) is 2. The highest BCUT2D eigenvalue weighted by molar-refractivity contribution is 4.73. The minimum absolute atomic E-state index is 0.469. The van der Waals surface area contributed by atoms with Crippen molar-refractivity contribution < 1.29 is 4.74 Å². The molecule has 2 unspecified atom stereocenters. The van der Waals surface area contributed by atoms with Gasteiger partial charge in [-0.05, 0) is 32.2 Å². The van der Waals surface area contributed by atoms with Gasteiger partial charge in [0.2, 0.25) is 0 Å². The standard InChI is InChI=1S/C11H23NO/c1-2-3-4-5-10-6-7-11(13-10)8-9-12/h10-11H,2-9,12H2,1H3. The van der Waals surface area contributed by atoms with E-state index in [0.29, 0.717) is 12.2 Å².